The van der Waals surface area contributed by atoms with E-state index < -0.39 is 11.8 Å². The number of benzene rings is 2. The number of nitrogens with one attached hydrogen (secondary N) is 2. The molecule has 0 aliphatic carbocycles. The molecule has 3 N–H and O–H groups in total. The lowest BCUT2D eigenvalue weighted by molar-refractivity contribution is -0.139. The zero-order chi connectivity index (χ0) is 19.8. The van der Waals surface area contributed by atoms with Crippen molar-refractivity contribution in [3.63, 3.8) is 0 Å². The van der Waals surface area contributed by atoms with E-state index in [4.69, 9.17) is 4.74 Å². The fourth-order valence-corrected chi connectivity index (χ4v) is 2.70. The Hall–Kier alpha value is -2.87. The van der Waals surface area contributed by atoms with E-state index in [1.54, 1.807) is 26.0 Å². The molecule has 0 bridgehead atoms. The van der Waals surface area contributed by atoms with Crippen molar-refractivity contribution in [2.75, 3.05) is 6.61 Å². The molecule has 7 nitrogen and oxygen atoms in total. The quantitative estimate of drug-likeness (QED) is 0.370. The molecule has 0 spiro atoms. The van der Waals surface area contributed by atoms with E-state index >= 15 is 0 Å². The summed E-state index contributed by atoms with van der Waals surface area (Å²) >= 11 is 3.22. The number of hydrogen-bond donors (Lipinski definition) is 3. The summed E-state index contributed by atoms with van der Waals surface area (Å²) in [6.07, 6.45) is 1.35. The van der Waals surface area contributed by atoms with Gasteiger partial charge in [0.1, 0.15) is 0 Å². The van der Waals surface area contributed by atoms with Crippen LogP contribution in [0.1, 0.15) is 31.0 Å². The maximum Gasteiger partial charge on any atom is 0.329 e. The van der Waals surface area contributed by atoms with Gasteiger partial charge < -0.3 is 15.2 Å². The van der Waals surface area contributed by atoms with Crippen LogP contribution in [0, 0.1) is 0 Å². The Morgan fingerprint density at radius 3 is 2.63 bits per heavy atom. The summed E-state index contributed by atoms with van der Waals surface area (Å²) in [5.41, 5.74) is 3.63. The van der Waals surface area contributed by atoms with Crippen LogP contribution in [0.15, 0.2) is 52.0 Å². The summed E-state index contributed by atoms with van der Waals surface area (Å²) in [7, 11) is 0. The molecular weight excluding hydrogens is 414 g/mol. The summed E-state index contributed by atoms with van der Waals surface area (Å²) in [5.74, 6) is -1.40. The fraction of sp³-hybridized carbons (Fsp3) is 0.211. The van der Waals surface area contributed by atoms with Gasteiger partial charge in [-0.05, 0) is 53.0 Å². The topological polar surface area (TPSA) is 100 Å². The fourth-order valence-electron chi connectivity index (χ4n) is 2.24. The maximum atomic E-state index is 11.9. The average molecular weight is 434 g/mol. The summed E-state index contributed by atoms with van der Waals surface area (Å²) in [6, 6.07) is 12.2. The van der Waals surface area contributed by atoms with Gasteiger partial charge in [-0.2, -0.15) is 5.10 Å². The molecule has 2 amide bonds. The third kappa shape index (κ3) is 5.82. The molecule has 0 unspecified atom stereocenters. The maximum absolute atomic E-state index is 11.9. The van der Waals surface area contributed by atoms with Crippen LogP contribution in [0.5, 0.6) is 11.5 Å². The van der Waals surface area contributed by atoms with E-state index in [0.29, 0.717) is 16.6 Å². The number of nitrogens with zero attached hydrogens (tertiary/aromatic N) is 1. The summed E-state index contributed by atoms with van der Waals surface area (Å²) < 4.78 is 5.74. The van der Waals surface area contributed by atoms with Gasteiger partial charge in [-0.15, -0.1) is 0 Å². The van der Waals surface area contributed by atoms with Crippen molar-refractivity contribution in [1.29, 1.82) is 0 Å². The Balaban J connectivity index is 1.95. The molecule has 0 radical (unpaired) electrons. The minimum absolute atomic E-state index is 0.0210. The van der Waals surface area contributed by atoms with Crippen molar-refractivity contribution in [3.05, 3.63) is 58.1 Å². The van der Waals surface area contributed by atoms with E-state index in [1.807, 2.05) is 30.3 Å². The van der Waals surface area contributed by atoms with Crippen molar-refractivity contribution >= 4 is 34.0 Å². The van der Waals surface area contributed by atoms with Crippen LogP contribution in [-0.2, 0) is 9.59 Å². The minimum Gasteiger partial charge on any atom is -0.503 e. The summed E-state index contributed by atoms with van der Waals surface area (Å²) in [4.78, 5) is 23.8. The van der Waals surface area contributed by atoms with E-state index in [-0.39, 0.29) is 17.5 Å². The molecule has 0 aliphatic rings. The molecule has 8 heteroatoms. The van der Waals surface area contributed by atoms with Gasteiger partial charge in [-0.25, -0.2) is 5.43 Å². The van der Waals surface area contributed by atoms with Crippen LogP contribution >= 0.6 is 15.9 Å². The second kappa shape index (κ2) is 9.72. The lowest BCUT2D eigenvalue weighted by atomic mass is 10.1. The first-order chi connectivity index (χ1) is 12.9. The number of amides is 2. The molecule has 142 valence electrons. The number of aromatic hydroxyl groups is 1. The van der Waals surface area contributed by atoms with Crippen molar-refractivity contribution in [2.45, 2.75) is 19.9 Å². The highest BCUT2D eigenvalue weighted by Crippen LogP contribution is 2.34. The lowest BCUT2D eigenvalue weighted by Crippen LogP contribution is -2.39. The molecule has 1 atom stereocenters. The first kappa shape index (κ1) is 20.4. The second-order valence-electron chi connectivity index (χ2n) is 5.59. The van der Waals surface area contributed by atoms with Crippen molar-refractivity contribution < 1.29 is 19.4 Å². The molecule has 0 aliphatic heterocycles. The molecule has 0 heterocycles. The summed E-state index contributed by atoms with van der Waals surface area (Å²) in [5, 5.41) is 16.3. The van der Waals surface area contributed by atoms with Gasteiger partial charge >= 0.3 is 11.8 Å². The zero-order valence-electron chi connectivity index (χ0n) is 14.9. The average Bonchev–Trinajstić information content (AvgIpc) is 2.66. The monoisotopic (exact) mass is 433 g/mol. The normalized spacial score (nSPS) is 11.8. The number of carbonyl (C=O) groups excluding carboxylic acids is 2. The molecular formula is C19H20BrN3O4. The smallest absolute Gasteiger partial charge is 0.329 e. The van der Waals surface area contributed by atoms with Crippen LogP contribution < -0.4 is 15.5 Å². The highest BCUT2D eigenvalue weighted by molar-refractivity contribution is 9.10. The van der Waals surface area contributed by atoms with Crippen molar-refractivity contribution in [3.8, 4) is 11.5 Å². The molecule has 2 aromatic carbocycles. The van der Waals surface area contributed by atoms with Crippen LogP contribution in [0.25, 0.3) is 0 Å². The highest BCUT2D eigenvalue weighted by Gasteiger charge is 2.16. The lowest BCUT2D eigenvalue weighted by Gasteiger charge is -2.13. The first-order valence-corrected chi connectivity index (χ1v) is 9.05. The highest BCUT2D eigenvalue weighted by atomic mass is 79.9. The number of rotatable bonds is 6. The van der Waals surface area contributed by atoms with E-state index in [2.05, 4.69) is 31.8 Å². The molecule has 0 aromatic heterocycles. The molecule has 0 saturated heterocycles. The van der Waals surface area contributed by atoms with E-state index in [9.17, 15) is 14.7 Å². The number of hydrazone groups is 1. The Bertz CT molecular complexity index is 840. The Morgan fingerprint density at radius 2 is 1.96 bits per heavy atom. The van der Waals surface area contributed by atoms with Gasteiger partial charge in [0.2, 0.25) is 0 Å². The minimum atomic E-state index is -0.878. The van der Waals surface area contributed by atoms with Gasteiger partial charge in [-0.3, -0.25) is 9.59 Å². The standard InChI is InChI=1S/C19H20BrN3O4/c1-3-27-16-10-13(9-15(20)17(16)24)11-21-23-19(26)18(25)22-12(2)14-7-5-4-6-8-14/h4-12,24H,3H2,1-2H3,(H,22,25)(H,23,26)/b21-11-/t12-/m0/s1. The van der Waals surface area contributed by atoms with E-state index in [0.717, 1.165) is 5.56 Å². The molecule has 27 heavy (non-hydrogen) atoms. The third-order valence-electron chi connectivity index (χ3n) is 3.58. The van der Waals surface area contributed by atoms with Crippen LogP contribution in [-0.4, -0.2) is 29.7 Å². The largest absolute Gasteiger partial charge is 0.503 e. The summed E-state index contributed by atoms with van der Waals surface area (Å²) in [6.45, 7) is 3.97. The Morgan fingerprint density at radius 1 is 1.26 bits per heavy atom. The number of hydrogen-bond acceptors (Lipinski definition) is 5. The van der Waals surface area contributed by atoms with Gasteiger partial charge in [0, 0.05) is 0 Å². The van der Waals surface area contributed by atoms with Crippen LogP contribution in [0.3, 0.4) is 0 Å². The zero-order valence-corrected chi connectivity index (χ0v) is 16.5. The SMILES string of the molecule is CCOc1cc(/C=N\NC(=O)C(=O)N[C@@H](C)c2ccccc2)cc(Br)c1O. The number of halogens is 1. The van der Waals surface area contributed by atoms with Gasteiger partial charge in [-0.1, -0.05) is 30.3 Å². The molecule has 2 rings (SSSR count). The Labute approximate surface area is 165 Å². The predicted molar refractivity (Wildman–Crippen MR) is 106 cm³/mol. The van der Waals surface area contributed by atoms with Gasteiger partial charge in [0.05, 0.1) is 23.3 Å². The van der Waals surface area contributed by atoms with E-state index in [1.165, 1.54) is 6.21 Å². The van der Waals surface area contributed by atoms with Crippen molar-refractivity contribution in [2.24, 2.45) is 5.10 Å². The Kier molecular flexibility index (Phi) is 7.36. The predicted octanol–water partition coefficient (Wildman–Crippen LogP) is 2.88. The number of phenolic OH excluding ortho intramolecular Hbond substituents is 1. The molecule has 0 fully saturated rings. The van der Waals surface area contributed by atoms with Gasteiger partial charge in [0.15, 0.2) is 11.5 Å². The van der Waals surface area contributed by atoms with Gasteiger partial charge in [0.25, 0.3) is 0 Å². The third-order valence-corrected chi connectivity index (χ3v) is 4.19. The molecule has 0 saturated carbocycles. The number of phenols is 1. The van der Waals surface area contributed by atoms with Crippen molar-refractivity contribution in [1.82, 2.24) is 10.7 Å². The van der Waals surface area contributed by atoms with Crippen LogP contribution in [0.4, 0.5) is 0 Å². The first-order valence-electron chi connectivity index (χ1n) is 8.26. The molecule has 2 aromatic rings. The number of carbonyl (C=O) groups is 2. The number of ether oxygens (including phenoxy) is 1. The second-order valence-corrected chi connectivity index (χ2v) is 6.44. The van der Waals surface area contributed by atoms with Crippen LogP contribution in [0.2, 0.25) is 0 Å².